The maximum atomic E-state index is 14.6. The molecule has 0 bridgehead atoms. The molecule has 4 rings (SSSR count). The SMILES string of the molecule is CCN1C(=O)COc2ccc(C(O)(C(C)c3ccc(-c4ccc(Cl)cc4C(=O)OC)cc3Cl)C(F)(F)F)cc21. The maximum Gasteiger partial charge on any atom is 0.422 e. The van der Waals surface area contributed by atoms with E-state index in [1.807, 2.05) is 0 Å². The number of fused-ring (bicyclic) bond motifs is 1. The molecular formula is C28H24Cl2F3NO5. The molecule has 11 heteroatoms. The van der Waals surface area contributed by atoms with Crippen molar-refractivity contribution in [3.63, 3.8) is 0 Å². The van der Waals surface area contributed by atoms with Gasteiger partial charge in [-0.3, -0.25) is 4.79 Å². The standard InChI is InChI=1S/C28H24Cl2F3NO5/c1-4-34-23-12-17(6-10-24(23)39-14-25(34)35)27(37,28(31,32)33)15(2)19-8-5-16(11-22(19)30)20-9-7-18(29)13-21(20)26(36)38-3/h5-13,15,37H,4,14H2,1-3H3. The van der Waals surface area contributed by atoms with Crippen LogP contribution in [0.2, 0.25) is 10.0 Å². The second-order valence-electron chi connectivity index (χ2n) is 9.01. The minimum atomic E-state index is -5.12. The topological polar surface area (TPSA) is 76.1 Å². The third kappa shape index (κ3) is 5.06. The van der Waals surface area contributed by atoms with Gasteiger partial charge in [0.2, 0.25) is 0 Å². The van der Waals surface area contributed by atoms with Gasteiger partial charge in [0, 0.05) is 22.5 Å². The molecule has 0 spiro atoms. The highest BCUT2D eigenvalue weighted by Crippen LogP contribution is 2.51. The Balaban J connectivity index is 1.80. The van der Waals surface area contributed by atoms with Crippen molar-refractivity contribution in [1.29, 1.82) is 0 Å². The van der Waals surface area contributed by atoms with E-state index in [1.165, 1.54) is 49.3 Å². The van der Waals surface area contributed by atoms with E-state index < -0.39 is 35.1 Å². The van der Waals surface area contributed by atoms with Gasteiger partial charge in [0.25, 0.3) is 5.91 Å². The molecule has 6 nitrogen and oxygen atoms in total. The Labute approximate surface area is 232 Å². The number of rotatable bonds is 6. The number of likely N-dealkylation sites (N-methyl/N-ethyl adjacent to an activating group) is 1. The Kier molecular flexibility index (Phi) is 7.89. The number of carbonyl (C=O) groups is 2. The number of halogens is 5. The van der Waals surface area contributed by atoms with E-state index >= 15 is 0 Å². The van der Waals surface area contributed by atoms with E-state index in [0.29, 0.717) is 16.1 Å². The lowest BCUT2D eigenvalue weighted by Crippen LogP contribution is -2.47. The minimum absolute atomic E-state index is 0.0196. The lowest BCUT2D eigenvalue weighted by Gasteiger charge is -2.38. The highest BCUT2D eigenvalue weighted by molar-refractivity contribution is 6.32. The second kappa shape index (κ2) is 10.7. The summed E-state index contributed by atoms with van der Waals surface area (Å²) in [4.78, 5) is 25.8. The van der Waals surface area contributed by atoms with Crippen LogP contribution in [0.1, 0.15) is 41.3 Å². The van der Waals surface area contributed by atoms with Crippen LogP contribution >= 0.6 is 23.2 Å². The first-order chi connectivity index (χ1) is 18.3. The molecule has 206 valence electrons. The van der Waals surface area contributed by atoms with Crippen LogP contribution in [0.15, 0.2) is 54.6 Å². The van der Waals surface area contributed by atoms with Gasteiger partial charge in [0.15, 0.2) is 12.2 Å². The van der Waals surface area contributed by atoms with E-state index in [0.717, 1.165) is 12.1 Å². The fraction of sp³-hybridized carbons (Fsp3) is 0.286. The number of anilines is 1. The number of aliphatic hydroxyl groups is 1. The fourth-order valence-electron chi connectivity index (χ4n) is 4.76. The quantitative estimate of drug-likeness (QED) is 0.326. The molecular weight excluding hydrogens is 558 g/mol. The van der Waals surface area contributed by atoms with E-state index in [2.05, 4.69) is 0 Å². The zero-order valence-corrected chi connectivity index (χ0v) is 22.6. The van der Waals surface area contributed by atoms with E-state index in [-0.39, 0.29) is 40.7 Å². The van der Waals surface area contributed by atoms with Gasteiger partial charge in [-0.15, -0.1) is 0 Å². The monoisotopic (exact) mass is 581 g/mol. The number of amides is 1. The molecule has 1 aliphatic heterocycles. The molecule has 0 aromatic heterocycles. The van der Waals surface area contributed by atoms with Crippen LogP contribution in [0.5, 0.6) is 5.75 Å². The van der Waals surface area contributed by atoms with Crippen molar-refractivity contribution < 1.29 is 37.3 Å². The van der Waals surface area contributed by atoms with Crippen molar-refractivity contribution >= 4 is 40.8 Å². The number of esters is 1. The highest BCUT2D eigenvalue weighted by Gasteiger charge is 2.59. The smallest absolute Gasteiger partial charge is 0.422 e. The summed E-state index contributed by atoms with van der Waals surface area (Å²) < 4.78 is 54.1. The summed E-state index contributed by atoms with van der Waals surface area (Å²) in [7, 11) is 1.21. The summed E-state index contributed by atoms with van der Waals surface area (Å²) in [6.07, 6.45) is -5.12. The first-order valence-electron chi connectivity index (χ1n) is 11.9. The Bertz CT molecular complexity index is 1450. The molecule has 2 unspecified atom stereocenters. The molecule has 0 fully saturated rings. The summed E-state index contributed by atoms with van der Waals surface area (Å²) >= 11 is 12.5. The maximum absolute atomic E-state index is 14.6. The van der Waals surface area contributed by atoms with Crippen LogP contribution in [0.4, 0.5) is 18.9 Å². The van der Waals surface area contributed by atoms with E-state index in [9.17, 15) is 27.9 Å². The van der Waals surface area contributed by atoms with Crippen LogP contribution in [-0.4, -0.2) is 43.4 Å². The first-order valence-corrected chi connectivity index (χ1v) is 12.6. The van der Waals surface area contributed by atoms with Gasteiger partial charge in [0.1, 0.15) is 5.75 Å². The van der Waals surface area contributed by atoms with Crippen LogP contribution < -0.4 is 9.64 Å². The molecule has 1 aliphatic rings. The van der Waals surface area contributed by atoms with Crippen LogP contribution in [0, 0.1) is 0 Å². The van der Waals surface area contributed by atoms with E-state index in [1.54, 1.807) is 19.1 Å². The van der Waals surface area contributed by atoms with E-state index in [4.69, 9.17) is 32.7 Å². The Morgan fingerprint density at radius 3 is 2.46 bits per heavy atom. The third-order valence-electron chi connectivity index (χ3n) is 6.88. The Morgan fingerprint density at radius 2 is 1.85 bits per heavy atom. The molecule has 3 aromatic rings. The highest BCUT2D eigenvalue weighted by atomic mass is 35.5. The largest absolute Gasteiger partial charge is 0.482 e. The predicted octanol–water partition coefficient (Wildman–Crippen LogP) is 6.75. The number of alkyl halides is 3. The number of benzene rings is 3. The number of hydrogen-bond acceptors (Lipinski definition) is 5. The number of nitrogens with zero attached hydrogens (tertiary/aromatic N) is 1. The number of methoxy groups -OCH3 is 1. The van der Waals surface area contributed by atoms with Gasteiger partial charge in [-0.25, -0.2) is 4.79 Å². The fourth-order valence-corrected chi connectivity index (χ4v) is 5.28. The average molecular weight is 582 g/mol. The zero-order chi connectivity index (χ0) is 28.7. The molecule has 0 aliphatic carbocycles. The molecule has 0 radical (unpaired) electrons. The van der Waals surface area contributed by atoms with Crippen molar-refractivity contribution in [2.24, 2.45) is 0 Å². The molecule has 0 saturated heterocycles. The predicted molar refractivity (Wildman–Crippen MR) is 142 cm³/mol. The zero-order valence-electron chi connectivity index (χ0n) is 21.1. The summed E-state index contributed by atoms with van der Waals surface area (Å²) in [6.45, 7) is 2.89. The molecule has 1 N–H and O–H groups in total. The van der Waals surface area contributed by atoms with Gasteiger partial charge < -0.3 is 19.5 Å². The number of hydrogen-bond donors (Lipinski definition) is 1. The van der Waals surface area contributed by atoms with Crippen molar-refractivity contribution in [2.45, 2.75) is 31.5 Å². The van der Waals surface area contributed by atoms with Crippen LogP contribution in [0.25, 0.3) is 11.1 Å². The molecule has 1 heterocycles. The summed E-state index contributed by atoms with van der Waals surface area (Å²) in [5, 5.41) is 11.6. The summed E-state index contributed by atoms with van der Waals surface area (Å²) in [6, 6.07) is 12.4. The minimum Gasteiger partial charge on any atom is -0.482 e. The van der Waals surface area contributed by atoms with Gasteiger partial charge in [0.05, 0.1) is 18.4 Å². The molecule has 1 amide bonds. The van der Waals surface area contributed by atoms with Crippen LogP contribution in [0.3, 0.4) is 0 Å². The van der Waals surface area contributed by atoms with Crippen LogP contribution in [-0.2, 0) is 15.1 Å². The number of carbonyl (C=O) groups excluding carboxylic acids is 2. The molecule has 39 heavy (non-hydrogen) atoms. The normalized spacial score (nSPS) is 15.7. The van der Waals surface area contributed by atoms with Gasteiger partial charge in [-0.05, 0) is 59.5 Å². The Hall–Kier alpha value is -3.27. The molecule has 2 atom stereocenters. The van der Waals surface area contributed by atoms with Crippen molar-refractivity contribution in [2.75, 3.05) is 25.2 Å². The van der Waals surface area contributed by atoms with Crippen molar-refractivity contribution in [3.05, 3.63) is 81.3 Å². The summed E-state index contributed by atoms with van der Waals surface area (Å²) in [5.41, 5.74) is -2.68. The van der Waals surface area contributed by atoms with Crippen molar-refractivity contribution in [1.82, 2.24) is 0 Å². The lowest BCUT2D eigenvalue weighted by molar-refractivity contribution is -0.274. The summed E-state index contributed by atoms with van der Waals surface area (Å²) in [5.74, 6) is -2.39. The Morgan fingerprint density at radius 1 is 1.13 bits per heavy atom. The molecule has 3 aromatic carbocycles. The average Bonchev–Trinajstić information content (AvgIpc) is 2.90. The second-order valence-corrected chi connectivity index (χ2v) is 9.86. The number of ether oxygens (including phenoxy) is 2. The van der Waals surface area contributed by atoms with Crippen molar-refractivity contribution in [3.8, 4) is 16.9 Å². The van der Waals surface area contributed by atoms with Gasteiger partial charge in [-0.1, -0.05) is 54.4 Å². The first kappa shape index (κ1) is 28.7. The van der Waals surface area contributed by atoms with Gasteiger partial charge >= 0.3 is 12.1 Å². The van der Waals surface area contributed by atoms with Gasteiger partial charge in [-0.2, -0.15) is 13.2 Å². The lowest BCUT2D eigenvalue weighted by atomic mass is 9.77. The third-order valence-corrected chi connectivity index (χ3v) is 7.44. The molecule has 0 saturated carbocycles.